The summed E-state index contributed by atoms with van der Waals surface area (Å²) in [6.45, 7) is 3.77. The Kier molecular flexibility index (Phi) is 6.62. The zero-order valence-electron chi connectivity index (χ0n) is 15.8. The number of hydrogen-bond donors (Lipinski definition) is 0. The quantitative estimate of drug-likeness (QED) is 0.652. The van der Waals surface area contributed by atoms with E-state index in [4.69, 9.17) is 18.1 Å². The van der Waals surface area contributed by atoms with Crippen molar-refractivity contribution >= 4 is 25.8 Å². The first-order chi connectivity index (χ1) is 12.3. The molecule has 0 aromatic heterocycles. The molecule has 0 saturated heterocycles. The number of benzene rings is 2. The van der Waals surface area contributed by atoms with Crippen molar-refractivity contribution in [3.05, 3.63) is 47.5 Å². The second-order valence-electron chi connectivity index (χ2n) is 5.66. The Labute approximate surface area is 154 Å². The Hall–Kier alpha value is -1.26. The molecule has 6 nitrogen and oxygen atoms in total. The van der Waals surface area contributed by atoms with Gasteiger partial charge in [0.2, 0.25) is 0 Å². The first kappa shape index (κ1) is 21.0. The minimum absolute atomic E-state index is 0.400. The van der Waals surface area contributed by atoms with Crippen molar-refractivity contribution in [3.8, 4) is 11.1 Å². The highest BCUT2D eigenvalue weighted by Gasteiger charge is 2.34. The van der Waals surface area contributed by atoms with Gasteiger partial charge in [-0.1, -0.05) is 24.3 Å². The summed E-state index contributed by atoms with van der Waals surface area (Å²) in [5.74, 6) is 0. The summed E-state index contributed by atoms with van der Waals surface area (Å²) in [4.78, 5) is 0. The van der Waals surface area contributed by atoms with Crippen molar-refractivity contribution in [2.45, 2.75) is 13.8 Å². The van der Waals surface area contributed by atoms with Crippen LogP contribution in [0.15, 0.2) is 36.4 Å². The summed E-state index contributed by atoms with van der Waals surface area (Å²) in [5.41, 5.74) is 2.96. The van der Waals surface area contributed by atoms with E-state index in [0.717, 1.165) is 11.1 Å². The Bertz CT molecular complexity index is 804. The molecule has 0 N–H and O–H groups in total. The Morgan fingerprint density at radius 1 is 0.615 bits per heavy atom. The molecule has 0 atom stereocenters. The molecule has 0 heterocycles. The van der Waals surface area contributed by atoms with E-state index in [2.05, 4.69) is 0 Å². The van der Waals surface area contributed by atoms with Gasteiger partial charge in [-0.2, -0.15) is 0 Å². The summed E-state index contributed by atoms with van der Waals surface area (Å²) in [6, 6.07) is 10.7. The van der Waals surface area contributed by atoms with E-state index in [0.29, 0.717) is 21.7 Å². The predicted molar refractivity (Wildman–Crippen MR) is 104 cm³/mol. The van der Waals surface area contributed by atoms with E-state index in [9.17, 15) is 9.13 Å². The van der Waals surface area contributed by atoms with Gasteiger partial charge < -0.3 is 18.1 Å². The zero-order chi connectivity index (χ0) is 19.5. The van der Waals surface area contributed by atoms with Gasteiger partial charge in [0.05, 0.1) is 10.6 Å². The van der Waals surface area contributed by atoms with Crippen molar-refractivity contribution in [2.24, 2.45) is 0 Å². The normalized spacial score (nSPS) is 12.4. The molecule has 0 amide bonds. The largest absolute Gasteiger partial charge is 0.361 e. The lowest BCUT2D eigenvalue weighted by atomic mass is 9.96. The fraction of sp³-hybridized carbons (Fsp3) is 0.333. The maximum absolute atomic E-state index is 13.1. The van der Waals surface area contributed by atoms with Crippen LogP contribution in [0.3, 0.4) is 0 Å². The molecule has 2 aromatic carbocycles. The lowest BCUT2D eigenvalue weighted by Crippen LogP contribution is -2.19. The fourth-order valence-corrected chi connectivity index (χ4v) is 5.70. The minimum atomic E-state index is -3.54. The molecule has 0 aliphatic carbocycles. The minimum Gasteiger partial charge on any atom is -0.309 e. The van der Waals surface area contributed by atoms with Gasteiger partial charge in [-0.25, -0.2) is 0 Å². The molecule has 0 aliphatic rings. The summed E-state index contributed by atoms with van der Waals surface area (Å²) >= 11 is 0. The third kappa shape index (κ3) is 3.59. The van der Waals surface area contributed by atoms with E-state index in [1.165, 1.54) is 28.4 Å². The average Bonchev–Trinajstić information content (AvgIpc) is 2.66. The predicted octanol–water partition coefficient (Wildman–Crippen LogP) is 4.19. The molecule has 0 bridgehead atoms. The maximum atomic E-state index is 13.1. The van der Waals surface area contributed by atoms with Crippen LogP contribution in [0, 0.1) is 13.8 Å². The van der Waals surface area contributed by atoms with Crippen LogP contribution in [0.2, 0.25) is 0 Å². The van der Waals surface area contributed by atoms with Gasteiger partial charge in [-0.05, 0) is 37.1 Å². The molecular weight excluding hydrogens is 374 g/mol. The highest BCUT2D eigenvalue weighted by molar-refractivity contribution is 7.63. The molecule has 8 heteroatoms. The van der Waals surface area contributed by atoms with Crippen molar-refractivity contribution in [1.82, 2.24) is 0 Å². The van der Waals surface area contributed by atoms with Crippen LogP contribution in [0.4, 0.5) is 0 Å². The third-order valence-corrected chi connectivity index (χ3v) is 8.15. The topological polar surface area (TPSA) is 71.1 Å². The van der Waals surface area contributed by atoms with Crippen LogP contribution in [-0.2, 0) is 27.2 Å². The average molecular weight is 398 g/mol. The Morgan fingerprint density at radius 3 is 1.19 bits per heavy atom. The van der Waals surface area contributed by atoms with Gasteiger partial charge in [-0.15, -0.1) is 0 Å². The maximum Gasteiger partial charge on any atom is 0.361 e. The summed E-state index contributed by atoms with van der Waals surface area (Å²) in [7, 11) is -1.74. The van der Waals surface area contributed by atoms with Crippen molar-refractivity contribution in [2.75, 3.05) is 28.4 Å². The van der Waals surface area contributed by atoms with Crippen LogP contribution in [0.1, 0.15) is 11.1 Å². The summed E-state index contributed by atoms with van der Waals surface area (Å²) in [5, 5.41) is 0.800. The molecule has 0 fully saturated rings. The lowest BCUT2D eigenvalue weighted by Gasteiger charge is -2.24. The van der Waals surface area contributed by atoms with Crippen LogP contribution < -0.4 is 10.6 Å². The molecule has 26 heavy (non-hydrogen) atoms. The van der Waals surface area contributed by atoms with Gasteiger partial charge in [-0.3, -0.25) is 9.13 Å². The molecule has 0 aliphatic heterocycles. The fourth-order valence-electron chi connectivity index (χ4n) is 2.95. The lowest BCUT2D eigenvalue weighted by molar-refractivity contribution is 0.286. The SMILES string of the molecule is COP(=O)(OC)c1cccc(C)c1-c1c(C)cccc1P(=O)(OC)OC. The van der Waals surface area contributed by atoms with Gasteiger partial charge in [0.25, 0.3) is 0 Å². The van der Waals surface area contributed by atoms with Gasteiger partial charge >= 0.3 is 15.2 Å². The second-order valence-corrected chi connectivity index (χ2v) is 10.1. The molecule has 0 radical (unpaired) electrons. The molecule has 0 saturated carbocycles. The van der Waals surface area contributed by atoms with Crippen molar-refractivity contribution < 1.29 is 27.2 Å². The highest BCUT2D eigenvalue weighted by Crippen LogP contribution is 2.52. The highest BCUT2D eigenvalue weighted by atomic mass is 31.2. The monoisotopic (exact) mass is 398 g/mol. The molecule has 2 rings (SSSR count). The number of hydrogen-bond acceptors (Lipinski definition) is 6. The number of rotatable bonds is 7. The first-order valence-electron chi connectivity index (χ1n) is 7.91. The first-order valence-corrected chi connectivity index (χ1v) is 11.0. The van der Waals surface area contributed by atoms with E-state index in [1.807, 2.05) is 26.0 Å². The van der Waals surface area contributed by atoms with Gasteiger partial charge in [0.15, 0.2) is 0 Å². The Morgan fingerprint density at radius 2 is 0.923 bits per heavy atom. The van der Waals surface area contributed by atoms with E-state index >= 15 is 0 Å². The molecular formula is C18H24O6P2. The van der Waals surface area contributed by atoms with Gasteiger partial charge in [0.1, 0.15) is 0 Å². The third-order valence-electron chi connectivity index (χ3n) is 4.30. The molecule has 0 spiro atoms. The second kappa shape index (κ2) is 8.18. The van der Waals surface area contributed by atoms with E-state index < -0.39 is 15.2 Å². The summed E-state index contributed by atoms with van der Waals surface area (Å²) in [6.07, 6.45) is 0. The molecule has 142 valence electrons. The molecule has 0 unspecified atom stereocenters. The van der Waals surface area contributed by atoms with Crippen molar-refractivity contribution in [1.29, 1.82) is 0 Å². The summed E-state index contributed by atoms with van der Waals surface area (Å²) < 4.78 is 47.1. The van der Waals surface area contributed by atoms with Crippen LogP contribution in [0.25, 0.3) is 11.1 Å². The smallest absolute Gasteiger partial charge is 0.309 e. The molecule has 2 aromatic rings. The standard InChI is InChI=1S/C18H24O6P2/c1-13-9-7-11-15(25(19,21-3)22-4)17(13)18-14(2)10-8-12-16(18)26(20,23-5)24-6/h7-12H,1-6H3. The number of aryl methyl sites for hydroxylation is 2. The zero-order valence-corrected chi connectivity index (χ0v) is 17.6. The van der Waals surface area contributed by atoms with Gasteiger partial charge in [0, 0.05) is 39.6 Å². The van der Waals surface area contributed by atoms with Crippen LogP contribution in [-0.4, -0.2) is 28.4 Å². The van der Waals surface area contributed by atoms with Crippen LogP contribution in [0.5, 0.6) is 0 Å². The van der Waals surface area contributed by atoms with E-state index in [1.54, 1.807) is 24.3 Å². The van der Waals surface area contributed by atoms with Crippen LogP contribution >= 0.6 is 15.2 Å². The Balaban J connectivity index is 2.96. The van der Waals surface area contributed by atoms with E-state index in [-0.39, 0.29) is 0 Å². The van der Waals surface area contributed by atoms with Crippen molar-refractivity contribution in [3.63, 3.8) is 0 Å².